The van der Waals surface area contributed by atoms with E-state index in [4.69, 9.17) is 10.5 Å². The fourth-order valence-electron chi connectivity index (χ4n) is 1.13. The summed E-state index contributed by atoms with van der Waals surface area (Å²) in [4.78, 5) is 15.8. The number of ether oxygens (including phenoxy) is 1. The summed E-state index contributed by atoms with van der Waals surface area (Å²) in [5.74, 6) is 0. The highest BCUT2D eigenvalue weighted by Gasteiger charge is 2.21. The first-order valence-corrected chi connectivity index (χ1v) is 6.79. The van der Waals surface area contributed by atoms with E-state index in [2.05, 4.69) is 26.2 Å². The van der Waals surface area contributed by atoms with E-state index in [0.29, 0.717) is 0 Å². The number of carbonyl (C=O) groups excluding carboxylic acids is 1. The van der Waals surface area contributed by atoms with E-state index in [1.807, 2.05) is 26.2 Å². The summed E-state index contributed by atoms with van der Waals surface area (Å²) in [6.45, 7) is 5.70. The molecule has 0 saturated heterocycles. The van der Waals surface area contributed by atoms with E-state index in [1.54, 1.807) is 0 Å². The molecule has 0 aromatic carbocycles. The van der Waals surface area contributed by atoms with Crippen molar-refractivity contribution in [3.05, 3.63) is 15.0 Å². The van der Waals surface area contributed by atoms with E-state index < -0.39 is 11.7 Å². The molecule has 3 N–H and O–H groups in total. The molecule has 0 spiro atoms. The Balaban J connectivity index is 2.62. The molecule has 1 unspecified atom stereocenters. The lowest BCUT2D eigenvalue weighted by molar-refractivity contribution is 0.0504. The van der Waals surface area contributed by atoms with Gasteiger partial charge in [-0.2, -0.15) is 0 Å². The van der Waals surface area contributed by atoms with Crippen LogP contribution in [0.2, 0.25) is 0 Å². The van der Waals surface area contributed by atoms with E-state index >= 15 is 0 Å². The zero-order valence-electron chi connectivity index (χ0n) is 9.99. The van der Waals surface area contributed by atoms with Crippen molar-refractivity contribution in [1.29, 1.82) is 0 Å². The summed E-state index contributed by atoms with van der Waals surface area (Å²) in [5.41, 5.74) is 5.81. The summed E-state index contributed by atoms with van der Waals surface area (Å²) in [7, 11) is 0. The van der Waals surface area contributed by atoms with Gasteiger partial charge in [0, 0.05) is 11.9 Å². The second-order valence-corrected chi connectivity index (χ2v) is 6.59. The molecule has 1 rings (SSSR count). The Morgan fingerprint density at radius 3 is 2.76 bits per heavy atom. The fourth-order valence-corrected chi connectivity index (χ4v) is 2.20. The Hall–Kier alpha value is -0.660. The molecule has 1 aromatic heterocycles. The molecule has 0 radical (unpaired) electrons. The number of amides is 1. The first kappa shape index (κ1) is 14.4. The van der Waals surface area contributed by atoms with E-state index in [-0.39, 0.29) is 12.6 Å². The summed E-state index contributed by atoms with van der Waals surface area (Å²) >= 11 is 4.71. The lowest BCUT2D eigenvalue weighted by Crippen LogP contribution is -2.37. The maximum absolute atomic E-state index is 11.6. The summed E-state index contributed by atoms with van der Waals surface area (Å²) < 4.78 is 5.92. The van der Waals surface area contributed by atoms with Crippen LogP contribution < -0.4 is 11.1 Å². The number of nitrogens with one attached hydrogen (secondary N) is 1. The van der Waals surface area contributed by atoms with Crippen LogP contribution in [-0.2, 0) is 4.74 Å². The zero-order chi connectivity index (χ0) is 13.1. The van der Waals surface area contributed by atoms with Crippen molar-refractivity contribution in [2.45, 2.75) is 32.4 Å². The molecule has 1 atom stereocenters. The van der Waals surface area contributed by atoms with Crippen molar-refractivity contribution in [2.24, 2.45) is 5.73 Å². The molecule has 0 fully saturated rings. The number of halogens is 1. The number of rotatable bonds is 3. The Morgan fingerprint density at radius 2 is 2.35 bits per heavy atom. The zero-order valence-corrected chi connectivity index (χ0v) is 12.4. The number of nitrogens with zero attached hydrogens (tertiary/aromatic N) is 1. The number of carbonyl (C=O) groups is 1. The Bertz CT molecular complexity index is 389. The molecule has 0 saturated carbocycles. The average Bonchev–Trinajstić information content (AvgIpc) is 2.58. The second kappa shape index (κ2) is 5.79. The smallest absolute Gasteiger partial charge is 0.408 e. The molecule has 0 aliphatic carbocycles. The molecule has 17 heavy (non-hydrogen) atoms. The number of nitrogens with two attached hydrogens (primary N) is 1. The molecule has 1 heterocycles. The number of hydrogen-bond donors (Lipinski definition) is 2. The van der Waals surface area contributed by atoms with Gasteiger partial charge in [-0.3, -0.25) is 0 Å². The monoisotopic (exact) mass is 321 g/mol. The van der Waals surface area contributed by atoms with Gasteiger partial charge in [-0.05, 0) is 36.7 Å². The SMILES string of the molecule is CC(C)(C)OC(=O)NC(CN)c1csc(Br)n1. The predicted octanol–water partition coefficient (Wildman–Crippen LogP) is 2.43. The third kappa shape index (κ3) is 5.01. The Morgan fingerprint density at radius 1 is 1.71 bits per heavy atom. The Labute approximate surface area is 113 Å². The molecule has 1 amide bonds. The van der Waals surface area contributed by atoms with Crippen LogP contribution in [0.3, 0.4) is 0 Å². The van der Waals surface area contributed by atoms with Crippen molar-refractivity contribution in [2.75, 3.05) is 6.54 Å². The fraction of sp³-hybridized carbons (Fsp3) is 0.600. The largest absolute Gasteiger partial charge is 0.444 e. The number of alkyl carbamates (subject to hydrolysis) is 1. The summed E-state index contributed by atoms with van der Waals surface area (Å²) in [6.07, 6.45) is -0.489. The van der Waals surface area contributed by atoms with Gasteiger partial charge in [0.15, 0.2) is 3.92 Å². The maximum Gasteiger partial charge on any atom is 0.408 e. The molecule has 5 nitrogen and oxygen atoms in total. The maximum atomic E-state index is 11.6. The van der Waals surface area contributed by atoms with E-state index in [9.17, 15) is 4.79 Å². The first-order valence-electron chi connectivity index (χ1n) is 5.12. The molecule has 96 valence electrons. The van der Waals surface area contributed by atoms with Crippen LogP contribution in [0.5, 0.6) is 0 Å². The molecule has 1 aromatic rings. The standard InChI is InChI=1S/C10H16BrN3O2S/c1-10(2,3)16-9(15)14-6(4-12)7-5-17-8(11)13-7/h5-6H,4,12H2,1-3H3,(H,14,15). The topological polar surface area (TPSA) is 77.2 Å². The molecular weight excluding hydrogens is 306 g/mol. The van der Waals surface area contributed by atoms with Crippen LogP contribution in [0.15, 0.2) is 9.30 Å². The molecule has 0 aliphatic heterocycles. The van der Waals surface area contributed by atoms with Gasteiger partial charge in [0.1, 0.15) is 5.60 Å². The van der Waals surface area contributed by atoms with Gasteiger partial charge >= 0.3 is 6.09 Å². The van der Waals surface area contributed by atoms with Crippen molar-refractivity contribution in [1.82, 2.24) is 10.3 Å². The molecule has 0 bridgehead atoms. The van der Waals surface area contributed by atoms with Crippen molar-refractivity contribution >= 4 is 33.4 Å². The minimum absolute atomic E-state index is 0.273. The van der Waals surface area contributed by atoms with Gasteiger partial charge in [-0.1, -0.05) is 0 Å². The van der Waals surface area contributed by atoms with Crippen molar-refractivity contribution < 1.29 is 9.53 Å². The third-order valence-electron chi connectivity index (χ3n) is 1.78. The van der Waals surface area contributed by atoms with E-state index in [1.165, 1.54) is 11.3 Å². The highest BCUT2D eigenvalue weighted by atomic mass is 79.9. The number of thiazole rings is 1. The quantitative estimate of drug-likeness (QED) is 0.896. The van der Waals surface area contributed by atoms with E-state index in [0.717, 1.165) is 9.61 Å². The molecule has 7 heteroatoms. The molecule has 0 aliphatic rings. The van der Waals surface area contributed by atoms with Crippen LogP contribution in [0.1, 0.15) is 32.5 Å². The van der Waals surface area contributed by atoms with Crippen LogP contribution in [0.25, 0.3) is 0 Å². The minimum Gasteiger partial charge on any atom is -0.444 e. The molecular formula is C10H16BrN3O2S. The lowest BCUT2D eigenvalue weighted by Gasteiger charge is -2.22. The predicted molar refractivity (Wildman–Crippen MR) is 71.0 cm³/mol. The highest BCUT2D eigenvalue weighted by molar-refractivity contribution is 9.11. The number of aromatic nitrogens is 1. The second-order valence-electron chi connectivity index (χ2n) is 4.46. The van der Waals surface area contributed by atoms with Crippen molar-refractivity contribution in [3.8, 4) is 0 Å². The van der Waals surface area contributed by atoms with Crippen LogP contribution in [0.4, 0.5) is 4.79 Å². The van der Waals surface area contributed by atoms with Gasteiger partial charge < -0.3 is 15.8 Å². The van der Waals surface area contributed by atoms with Crippen LogP contribution >= 0.6 is 27.3 Å². The van der Waals surface area contributed by atoms with Gasteiger partial charge in [-0.15, -0.1) is 11.3 Å². The minimum atomic E-state index is -0.522. The normalized spacial score (nSPS) is 13.2. The van der Waals surface area contributed by atoms with Gasteiger partial charge in [-0.25, -0.2) is 9.78 Å². The van der Waals surface area contributed by atoms with Gasteiger partial charge in [0.25, 0.3) is 0 Å². The van der Waals surface area contributed by atoms with Crippen LogP contribution in [-0.4, -0.2) is 23.2 Å². The van der Waals surface area contributed by atoms with Gasteiger partial charge in [0.2, 0.25) is 0 Å². The lowest BCUT2D eigenvalue weighted by atomic mass is 10.2. The van der Waals surface area contributed by atoms with Gasteiger partial charge in [0.05, 0.1) is 11.7 Å². The number of hydrogen-bond acceptors (Lipinski definition) is 5. The summed E-state index contributed by atoms with van der Waals surface area (Å²) in [5, 5.41) is 4.54. The highest BCUT2D eigenvalue weighted by Crippen LogP contribution is 2.20. The first-order chi connectivity index (χ1) is 7.81. The summed E-state index contributed by atoms with van der Waals surface area (Å²) in [6, 6.07) is -0.326. The average molecular weight is 322 g/mol. The third-order valence-corrected chi connectivity index (χ3v) is 3.16. The van der Waals surface area contributed by atoms with Crippen molar-refractivity contribution in [3.63, 3.8) is 0 Å². The Kier molecular flexibility index (Phi) is 4.91. The van der Waals surface area contributed by atoms with Crippen LogP contribution in [0, 0.1) is 0 Å².